The maximum atomic E-state index is 12.1. The van der Waals surface area contributed by atoms with Crippen molar-refractivity contribution in [3.8, 4) is 11.3 Å². The minimum absolute atomic E-state index is 0.143. The van der Waals surface area contributed by atoms with Gasteiger partial charge in [-0.2, -0.15) is 0 Å². The molecule has 1 aliphatic rings. The Morgan fingerprint density at radius 2 is 1.59 bits per heavy atom. The molecule has 8 nitrogen and oxygen atoms in total. The van der Waals surface area contributed by atoms with Gasteiger partial charge in [-0.15, -0.1) is 0 Å². The normalized spacial score (nSPS) is 14.1. The van der Waals surface area contributed by atoms with Crippen LogP contribution in [0.15, 0.2) is 65.2 Å². The number of nitrogens with one attached hydrogen (secondary N) is 2. The molecule has 0 atom stereocenters. The second-order valence-electron chi connectivity index (χ2n) is 8.11. The fraction of sp³-hybridized carbons (Fsp3) is 0.320. The smallest absolute Gasteiger partial charge is 0.239 e. The first-order valence-electron chi connectivity index (χ1n) is 11.4. The van der Waals surface area contributed by atoms with Crippen molar-refractivity contribution < 1.29 is 14.0 Å². The first kappa shape index (κ1) is 23.8. The highest BCUT2D eigenvalue weighted by Gasteiger charge is 2.18. The van der Waals surface area contributed by atoms with E-state index in [-0.39, 0.29) is 18.2 Å². The summed E-state index contributed by atoms with van der Waals surface area (Å²) in [7, 11) is 0. The third-order valence-corrected chi connectivity index (χ3v) is 6.08. The Hall–Kier alpha value is -3.36. The predicted octanol–water partition coefficient (Wildman–Crippen LogP) is 3.29. The van der Waals surface area contributed by atoms with Gasteiger partial charge in [0.1, 0.15) is 0 Å². The van der Waals surface area contributed by atoms with Gasteiger partial charge in [-0.1, -0.05) is 41.9 Å². The number of rotatable bonds is 8. The number of hydrazine groups is 1. The molecule has 9 heteroatoms. The summed E-state index contributed by atoms with van der Waals surface area (Å²) in [4.78, 5) is 33.1. The van der Waals surface area contributed by atoms with Crippen molar-refractivity contribution in [1.82, 2.24) is 20.7 Å². The molecular weight excluding hydrogens is 454 g/mol. The molecule has 1 aliphatic heterocycles. The van der Waals surface area contributed by atoms with E-state index in [1.807, 2.05) is 36.4 Å². The number of amides is 2. The van der Waals surface area contributed by atoms with Crippen LogP contribution < -0.4 is 15.8 Å². The Labute approximate surface area is 203 Å². The molecule has 0 aliphatic carbocycles. The molecule has 34 heavy (non-hydrogen) atoms. The van der Waals surface area contributed by atoms with Gasteiger partial charge in [0.25, 0.3) is 0 Å². The molecule has 0 radical (unpaired) electrons. The summed E-state index contributed by atoms with van der Waals surface area (Å²) < 4.78 is 5.70. The van der Waals surface area contributed by atoms with Gasteiger partial charge in [-0.3, -0.25) is 25.3 Å². The fourth-order valence-corrected chi connectivity index (χ4v) is 4.05. The van der Waals surface area contributed by atoms with Crippen LogP contribution in [0.4, 0.5) is 5.69 Å². The minimum Gasteiger partial charge on any atom is -0.441 e. The second kappa shape index (κ2) is 11.7. The Balaban J connectivity index is 1.11. The van der Waals surface area contributed by atoms with E-state index in [1.54, 1.807) is 12.3 Å². The van der Waals surface area contributed by atoms with Crippen LogP contribution in [0.1, 0.15) is 18.7 Å². The van der Waals surface area contributed by atoms with Crippen LogP contribution in [0.5, 0.6) is 0 Å². The van der Waals surface area contributed by atoms with Crippen molar-refractivity contribution in [3.63, 3.8) is 0 Å². The summed E-state index contributed by atoms with van der Waals surface area (Å²) in [5.74, 6) is 0.475. The number of benzene rings is 2. The van der Waals surface area contributed by atoms with Crippen LogP contribution in [-0.2, 0) is 16.0 Å². The zero-order valence-electron chi connectivity index (χ0n) is 18.9. The SMILES string of the molecule is O=C(CCc1ncc(-c2ccccc2Cl)o1)NNC(=O)CCN1CCN(c2ccccc2)CC1. The predicted molar refractivity (Wildman–Crippen MR) is 131 cm³/mol. The van der Waals surface area contributed by atoms with Gasteiger partial charge in [0, 0.05) is 63.2 Å². The number of aryl methyl sites for hydroxylation is 1. The van der Waals surface area contributed by atoms with Crippen molar-refractivity contribution in [2.45, 2.75) is 19.3 Å². The van der Waals surface area contributed by atoms with Gasteiger partial charge < -0.3 is 9.32 Å². The molecular formula is C25H28ClN5O3. The number of carbonyl (C=O) groups excluding carboxylic acids is 2. The quantitative estimate of drug-likeness (QED) is 0.480. The van der Waals surface area contributed by atoms with Crippen LogP contribution in [0.2, 0.25) is 5.02 Å². The van der Waals surface area contributed by atoms with E-state index in [4.69, 9.17) is 16.0 Å². The molecule has 1 saturated heterocycles. The van der Waals surface area contributed by atoms with E-state index in [9.17, 15) is 9.59 Å². The van der Waals surface area contributed by atoms with E-state index < -0.39 is 0 Å². The minimum atomic E-state index is -0.303. The molecule has 2 N–H and O–H groups in total. The van der Waals surface area contributed by atoms with E-state index >= 15 is 0 Å². The molecule has 2 aromatic carbocycles. The van der Waals surface area contributed by atoms with E-state index in [1.165, 1.54) is 5.69 Å². The van der Waals surface area contributed by atoms with Crippen molar-refractivity contribution >= 4 is 29.1 Å². The number of carbonyl (C=O) groups is 2. The van der Waals surface area contributed by atoms with Crippen molar-refractivity contribution in [1.29, 1.82) is 0 Å². The Morgan fingerprint density at radius 1 is 0.912 bits per heavy atom. The lowest BCUT2D eigenvalue weighted by atomic mass is 10.2. The Kier molecular flexibility index (Phi) is 8.17. The van der Waals surface area contributed by atoms with Crippen molar-refractivity contribution in [2.24, 2.45) is 0 Å². The first-order chi connectivity index (χ1) is 16.6. The number of halogens is 1. The lowest BCUT2D eigenvalue weighted by Crippen LogP contribution is -2.48. The zero-order chi connectivity index (χ0) is 23.8. The van der Waals surface area contributed by atoms with E-state index in [2.05, 4.69) is 37.8 Å². The highest BCUT2D eigenvalue weighted by atomic mass is 35.5. The number of anilines is 1. The molecule has 178 valence electrons. The maximum Gasteiger partial charge on any atom is 0.239 e. The number of piperazine rings is 1. The molecule has 2 heterocycles. The third kappa shape index (κ3) is 6.59. The standard InChI is InChI=1S/C25H28ClN5O3/c26-21-9-5-4-8-20(21)22-18-27-25(34-22)11-10-23(32)28-29-24(33)12-13-30-14-16-31(17-15-30)19-6-2-1-3-7-19/h1-9,18H,10-17H2,(H,28,32)(H,29,33). The summed E-state index contributed by atoms with van der Waals surface area (Å²) >= 11 is 6.18. The lowest BCUT2D eigenvalue weighted by molar-refractivity contribution is -0.129. The van der Waals surface area contributed by atoms with Gasteiger partial charge in [0.2, 0.25) is 11.8 Å². The Bertz CT molecular complexity index is 1100. The molecule has 4 rings (SSSR count). The van der Waals surface area contributed by atoms with Crippen LogP contribution in [0.3, 0.4) is 0 Å². The number of oxazole rings is 1. The van der Waals surface area contributed by atoms with Crippen LogP contribution in [0, 0.1) is 0 Å². The van der Waals surface area contributed by atoms with Gasteiger partial charge >= 0.3 is 0 Å². The second-order valence-corrected chi connectivity index (χ2v) is 8.52. The number of nitrogens with zero attached hydrogens (tertiary/aromatic N) is 3. The van der Waals surface area contributed by atoms with Crippen LogP contribution in [-0.4, -0.2) is 54.4 Å². The monoisotopic (exact) mass is 481 g/mol. The van der Waals surface area contributed by atoms with Crippen molar-refractivity contribution in [2.75, 3.05) is 37.6 Å². The lowest BCUT2D eigenvalue weighted by Gasteiger charge is -2.36. The number of para-hydroxylation sites is 1. The van der Waals surface area contributed by atoms with Gasteiger partial charge in [0.05, 0.1) is 11.2 Å². The van der Waals surface area contributed by atoms with Crippen molar-refractivity contribution in [3.05, 3.63) is 71.7 Å². The van der Waals surface area contributed by atoms with Gasteiger partial charge in [-0.25, -0.2) is 4.98 Å². The molecule has 0 saturated carbocycles. The molecule has 0 bridgehead atoms. The number of aromatic nitrogens is 1. The van der Waals surface area contributed by atoms with Crippen LogP contribution >= 0.6 is 11.6 Å². The zero-order valence-corrected chi connectivity index (χ0v) is 19.6. The molecule has 3 aromatic rings. The van der Waals surface area contributed by atoms with Gasteiger partial charge in [-0.05, 0) is 24.3 Å². The van der Waals surface area contributed by atoms with Crippen LogP contribution in [0.25, 0.3) is 11.3 Å². The summed E-state index contributed by atoms with van der Waals surface area (Å²) in [6.07, 6.45) is 2.38. The average Bonchev–Trinajstić information content (AvgIpc) is 3.35. The Morgan fingerprint density at radius 3 is 2.32 bits per heavy atom. The van der Waals surface area contributed by atoms with E-state index in [0.717, 1.165) is 31.7 Å². The average molecular weight is 482 g/mol. The molecule has 0 unspecified atom stereocenters. The number of hydrogen-bond donors (Lipinski definition) is 2. The summed E-state index contributed by atoms with van der Waals surface area (Å²) in [5.41, 5.74) is 6.93. The maximum absolute atomic E-state index is 12.1. The summed E-state index contributed by atoms with van der Waals surface area (Å²) in [6, 6.07) is 17.7. The largest absolute Gasteiger partial charge is 0.441 e. The topological polar surface area (TPSA) is 90.7 Å². The number of hydrogen-bond acceptors (Lipinski definition) is 6. The molecule has 0 spiro atoms. The van der Waals surface area contributed by atoms with E-state index in [0.29, 0.717) is 36.1 Å². The molecule has 2 amide bonds. The first-order valence-corrected chi connectivity index (χ1v) is 11.8. The molecule has 1 aromatic heterocycles. The summed E-state index contributed by atoms with van der Waals surface area (Å²) in [6.45, 7) is 4.33. The highest BCUT2D eigenvalue weighted by Crippen LogP contribution is 2.28. The fourth-order valence-electron chi connectivity index (χ4n) is 3.82. The molecule has 1 fully saturated rings. The third-order valence-electron chi connectivity index (χ3n) is 5.75. The highest BCUT2D eigenvalue weighted by molar-refractivity contribution is 6.33. The van der Waals surface area contributed by atoms with Gasteiger partial charge in [0.15, 0.2) is 11.7 Å². The summed E-state index contributed by atoms with van der Waals surface area (Å²) in [5, 5.41) is 0.573.